The Balaban J connectivity index is 2.98. The molecule has 0 radical (unpaired) electrons. The molecule has 0 aliphatic rings. The molecule has 1 aromatic carbocycles. The number of rotatable bonds is 1. The summed E-state index contributed by atoms with van der Waals surface area (Å²) in [6, 6.07) is 5.77. The van der Waals surface area contributed by atoms with Crippen LogP contribution >= 0.6 is 0 Å². The van der Waals surface area contributed by atoms with E-state index < -0.39 is 5.91 Å². The minimum absolute atomic E-state index is 0.374. The zero-order valence-electron chi connectivity index (χ0n) is 8.74. The lowest BCUT2D eigenvalue weighted by molar-refractivity contribution is 0.0993. The molecule has 1 aromatic heterocycles. The molecule has 4 N–H and O–H groups in total. The van der Waals surface area contributed by atoms with Crippen molar-refractivity contribution in [3.63, 3.8) is 0 Å². The van der Waals surface area contributed by atoms with Crippen LogP contribution in [0.3, 0.4) is 0 Å². The average molecular weight is 203 g/mol. The third kappa shape index (κ3) is 1.18. The van der Waals surface area contributed by atoms with Crippen LogP contribution in [0.1, 0.15) is 21.6 Å². The highest BCUT2D eigenvalue weighted by molar-refractivity contribution is 6.01. The maximum absolute atomic E-state index is 11.2. The van der Waals surface area contributed by atoms with Crippen molar-refractivity contribution in [1.82, 2.24) is 4.68 Å². The third-order valence-corrected chi connectivity index (χ3v) is 2.71. The first-order chi connectivity index (χ1) is 7.04. The second-order valence-electron chi connectivity index (χ2n) is 3.68. The van der Waals surface area contributed by atoms with Gasteiger partial charge in [0.05, 0.1) is 5.52 Å². The SMILES string of the molecule is Cc1cccc2c1c(C)c(C(N)=O)n2N. The number of nitrogens with zero attached hydrogens (tertiary/aromatic N) is 1. The van der Waals surface area contributed by atoms with Gasteiger partial charge in [-0.25, -0.2) is 0 Å². The molecule has 0 fully saturated rings. The Morgan fingerprint density at radius 1 is 1.33 bits per heavy atom. The second kappa shape index (κ2) is 3.02. The predicted octanol–water partition coefficient (Wildman–Crippen LogP) is 1.07. The first-order valence-electron chi connectivity index (χ1n) is 4.69. The van der Waals surface area contributed by atoms with Crippen LogP contribution in [-0.2, 0) is 0 Å². The van der Waals surface area contributed by atoms with Crippen molar-refractivity contribution in [2.75, 3.05) is 5.84 Å². The minimum atomic E-state index is -0.495. The number of carbonyl (C=O) groups excluding carboxylic acids is 1. The maximum Gasteiger partial charge on any atom is 0.267 e. The summed E-state index contributed by atoms with van der Waals surface area (Å²) in [5.41, 5.74) is 8.44. The molecule has 0 saturated carbocycles. The fourth-order valence-electron chi connectivity index (χ4n) is 2.06. The number of carbonyl (C=O) groups is 1. The van der Waals surface area contributed by atoms with Crippen LogP contribution in [0, 0.1) is 13.8 Å². The molecule has 0 spiro atoms. The summed E-state index contributed by atoms with van der Waals surface area (Å²) in [5, 5.41) is 1.01. The molecule has 0 aliphatic carbocycles. The molecule has 4 nitrogen and oxygen atoms in total. The van der Waals surface area contributed by atoms with Crippen LogP contribution in [0.25, 0.3) is 10.9 Å². The van der Waals surface area contributed by atoms with Gasteiger partial charge in [-0.3, -0.25) is 9.47 Å². The van der Waals surface area contributed by atoms with Gasteiger partial charge in [-0.2, -0.15) is 0 Å². The number of aryl methyl sites for hydroxylation is 2. The number of primary amides is 1. The van der Waals surface area contributed by atoms with Gasteiger partial charge in [-0.15, -0.1) is 0 Å². The van der Waals surface area contributed by atoms with Gasteiger partial charge in [0.15, 0.2) is 0 Å². The van der Waals surface area contributed by atoms with Gasteiger partial charge < -0.3 is 11.6 Å². The van der Waals surface area contributed by atoms with Gasteiger partial charge in [0.1, 0.15) is 5.69 Å². The summed E-state index contributed by atoms with van der Waals surface area (Å²) < 4.78 is 1.36. The van der Waals surface area contributed by atoms with Crippen molar-refractivity contribution in [1.29, 1.82) is 0 Å². The van der Waals surface area contributed by atoms with Crippen molar-refractivity contribution in [3.8, 4) is 0 Å². The van der Waals surface area contributed by atoms with Gasteiger partial charge in [0.25, 0.3) is 5.91 Å². The Bertz CT molecular complexity index is 554. The topological polar surface area (TPSA) is 74.0 Å². The highest BCUT2D eigenvalue weighted by Gasteiger charge is 2.17. The molecule has 0 aliphatic heterocycles. The Morgan fingerprint density at radius 2 is 2.00 bits per heavy atom. The van der Waals surface area contributed by atoms with Crippen LogP contribution in [0.2, 0.25) is 0 Å². The number of hydrogen-bond acceptors (Lipinski definition) is 2. The summed E-state index contributed by atoms with van der Waals surface area (Å²) in [7, 11) is 0. The van der Waals surface area contributed by atoms with E-state index in [0.717, 1.165) is 22.0 Å². The van der Waals surface area contributed by atoms with E-state index in [2.05, 4.69) is 0 Å². The standard InChI is InChI=1S/C11H13N3O/c1-6-4-3-5-8-9(6)7(2)10(11(12)15)14(8)13/h3-5H,13H2,1-2H3,(H2,12,15). The van der Waals surface area contributed by atoms with E-state index in [9.17, 15) is 4.79 Å². The van der Waals surface area contributed by atoms with Gasteiger partial charge in [0.2, 0.25) is 0 Å². The normalized spacial score (nSPS) is 10.8. The molecule has 1 heterocycles. The smallest absolute Gasteiger partial charge is 0.267 e. The number of fused-ring (bicyclic) bond motifs is 1. The summed E-state index contributed by atoms with van der Waals surface area (Å²) in [6.07, 6.45) is 0. The Morgan fingerprint density at radius 3 is 2.53 bits per heavy atom. The third-order valence-electron chi connectivity index (χ3n) is 2.71. The monoisotopic (exact) mass is 203 g/mol. The van der Waals surface area contributed by atoms with E-state index in [1.807, 2.05) is 32.0 Å². The number of aromatic nitrogens is 1. The summed E-state index contributed by atoms with van der Waals surface area (Å²) in [4.78, 5) is 11.2. The summed E-state index contributed by atoms with van der Waals surface area (Å²) in [6.45, 7) is 3.85. The zero-order valence-corrected chi connectivity index (χ0v) is 8.74. The molecule has 0 unspecified atom stereocenters. The van der Waals surface area contributed by atoms with E-state index >= 15 is 0 Å². The molecular weight excluding hydrogens is 190 g/mol. The van der Waals surface area contributed by atoms with Crippen molar-refractivity contribution < 1.29 is 4.79 Å². The molecule has 2 aromatic rings. The number of hydrogen-bond donors (Lipinski definition) is 2. The quantitative estimate of drug-likeness (QED) is 0.680. The lowest BCUT2D eigenvalue weighted by Crippen LogP contribution is -2.22. The molecule has 0 bridgehead atoms. The predicted molar refractivity (Wildman–Crippen MR) is 60.1 cm³/mol. The lowest BCUT2D eigenvalue weighted by Gasteiger charge is -1.99. The van der Waals surface area contributed by atoms with Crippen LogP contribution in [0.15, 0.2) is 18.2 Å². The van der Waals surface area contributed by atoms with Crippen molar-refractivity contribution in [2.45, 2.75) is 13.8 Å². The van der Waals surface area contributed by atoms with Gasteiger partial charge in [0, 0.05) is 5.39 Å². The second-order valence-corrected chi connectivity index (χ2v) is 3.68. The van der Waals surface area contributed by atoms with E-state index in [0.29, 0.717) is 5.69 Å². The molecule has 15 heavy (non-hydrogen) atoms. The number of nitrogen functional groups attached to an aromatic ring is 1. The average Bonchev–Trinajstić information content (AvgIpc) is 2.40. The lowest BCUT2D eigenvalue weighted by atomic mass is 10.1. The first-order valence-corrected chi connectivity index (χ1v) is 4.69. The minimum Gasteiger partial charge on any atom is -0.364 e. The Labute approximate surface area is 87.4 Å². The van der Waals surface area contributed by atoms with Gasteiger partial charge in [-0.05, 0) is 31.0 Å². The van der Waals surface area contributed by atoms with Crippen molar-refractivity contribution >= 4 is 16.8 Å². The van der Waals surface area contributed by atoms with Crippen molar-refractivity contribution in [2.24, 2.45) is 5.73 Å². The molecule has 0 saturated heterocycles. The van der Waals surface area contributed by atoms with Crippen LogP contribution in [-0.4, -0.2) is 10.6 Å². The fraction of sp³-hybridized carbons (Fsp3) is 0.182. The largest absolute Gasteiger partial charge is 0.364 e. The molecule has 4 heteroatoms. The zero-order chi connectivity index (χ0) is 11.2. The molecule has 78 valence electrons. The van der Waals surface area contributed by atoms with Crippen LogP contribution in [0.5, 0.6) is 0 Å². The van der Waals surface area contributed by atoms with E-state index in [4.69, 9.17) is 11.6 Å². The van der Waals surface area contributed by atoms with Gasteiger partial charge >= 0.3 is 0 Å². The van der Waals surface area contributed by atoms with Crippen molar-refractivity contribution in [3.05, 3.63) is 35.0 Å². The Hall–Kier alpha value is -1.97. The van der Waals surface area contributed by atoms with E-state index in [1.165, 1.54) is 4.68 Å². The maximum atomic E-state index is 11.2. The Kier molecular flexibility index (Phi) is 1.93. The number of benzene rings is 1. The molecule has 0 atom stereocenters. The van der Waals surface area contributed by atoms with E-state index in [1.54, 1.807) is 0 Å². The molecular formula is C11H13N3O. The van der Waals surface area contributed by atoms with Crippen LogP contribution in [0.4, 0.5) is 0 Å². The number of nitrogens with two attached hydrogens (primary N) is 2. The molecule has 1 amide bonds. The molecule has 2 rings (SSSR count). The summed E-state index contributed by atoms with van der Waals surface area (Å²) >= 11 is 0. The van der Waals surface area contributed by atoms with Gasteiger partial charge in [-0.1, -0.05) is 12.1 Å². The highest BCUT2D eigenvalue weighted by atomic mass is 16.1. The van der Waals surface area contributed by atoms with E-state index in [-0.39, 0.29) is 0 Å². The van der Waals surface area contributed by atoms with Crippen LogP contribution < -0.4 is 11.6 Å². The summed E-state index contributed by atoms with van der Waals surface area (Å²) in [5.74, 6) is 5.33. The number of amides is 1. The fourth-order valence-corrected chi connectivity index (χ4v) is 2.06. The highest BCUT2D eigenvalue weighted by Crippen LogP contribution is 2.26. The first kappa shape index (κ1) is 9.58.